The lowest BCUT2D eigenvalue weighted by atomic mass is 9.72. The fourth-order valence-electron chi connectivity index (χ4n) is 6.31. The average Bonchev–Trinajstić information content (AvgIpc) is 2.97. The molecular weight excluding hydrogens is 366 g/mol. The maximum absolute atomic E-state index is 13.7. The third-order valence-electron chi connectivity index (χ3n) is 7.79. The van der Waals surface area contributed by atoms with Crippen molar-refractivity contribution in [2.75, 3.05) is 26.2 Å². The molecule has 2 N–H and O–H groups in total. The fourth-order valence-corrected chi connectivity index (χ4v) is 6.31. The number of amides is 1. The Labute approximate surface area is 171 Å². The highest BCUT2D eigenvalue weighted by Crippen LogP contribution is 2.42. The standard InChI is InChI=1S/C23H31N3O3/c1-14-22(18-10-17(28)6-7-20(18)24(14)2)23(29)25-11-15-9-16(12-25)21(13-27)26-8-4-3-5-19(15)26/h6-7,10,15-16,19,21,27-28H,3-5,8-9,11-13H2,1-2H3/t15-,16+,19+,21+/m1/s1. The number of nitrogens with zero attached hydrogens (tertiary/aromatic N) is 3. The molecule has 0 unspecified atom stereocenters. The maximum Gasteiger partial charge on any atom is 0.256 e. The third kappa shape index (κ3) is 2.88. The van der Waals surface area contributed by atoms with Gasteiger partial charge in [-0.1, -0.05) is 6.42 Å². The zero-order chi connectivity index (χ0) is 20.3. The van der Waals surface area contributed by atoms with Gasteiger partial charge in [-0.3, -0.25) is 9.69 Å². The molecule has 1 amide bonds. The lowest BCUT2D eigenvalue weighted by Crippen LogP contribution is -2.65. The van der Waals surface area contributed by atoms with Gasteiger partial charge in [0.15, 0.2) is 0 Å². The summed E-state index contributed by atoms with van der Waals surface area (Å²) in [5.41, 5.74) is 2.61. The van der Waals surface area contributed by atoms with Crippen LogP contribution in [0.4, 0.5) is 0 Å². The lowest BCUT2D eigenvalue weighted by Gasteiger charge is -2.56. The van der Waals surface area contributed by atoms with Crippen molar-refractivity contribution in [3.63, 3.8) is 0 Å². The molecule has 4 heterocycles. The summed E-state index contributed by atoms with van der Waals surface area (Å²) in [6.07, 6.45) is 4.76. The van der Waals surface area contributed by atoms with Crippen LogP contribution in [0.2, 0.25) is 0 Å². The molecular formula is C23H31N3O3. The van der Waals surface area contributed by atoms with Gasteiger partial charge in [-0.05, 0) is 62.8 Å². The first kappa shape index (κ1) is 18.9. The molecule has 3 saturated heterocycles. The van der Waals surface area contributed by atoms with E-state index < -0.39 is 0 Å². The van der Waals surface area contributed by atoms with E-state index in [-0.39, 0.29) is 24.3 Å². The second-order valence-electron chi connectivity index (χ2n) is 9.24. The Hall–Kier alpha value is -2.05. The van der Waals surface area contributed by atoms with Crippen LogP contribution < -0.4 is 0 Å². The normalized spacial score (nSPS) is 29.8. The number of hydrogen-bond acceptors (Lipinski definition) is 4. The van der Waals surface area contributed by atoms with Crippen LogP contribution >= 0.6 is 0 Å². The van der Waals surface area contributed by atoms with Gasteiger partial charge >= 0.3 is 0 Å². The Morgan fingerprint density at radius 3 is 2.79 bits per heavy atom. The monoisotopic (exact) mass is 397 g/mol. The molecule has 3 fully saturated rings. The van der Waals surface area contributed by atoms with Gasteiger partial charge in [0, 0.05) is 48.8 Å². The zero-order valence-electron chi connectivity index (χ0n) is 17.3. The molecule has 0 saturated carbocycles. The van der Waals surface area contributed by atoms with Crippen LogP contribution in [0.5, 0.6) is 5.75 Å². The van der Waals surface area contributed by atoms with Gasteiger partial charge in [0.1, 0.15) is 5.75 Å². The van der Waals surface area contributed by atoms with E-state index in [1.165, 1.54) is 19.3 Å². The van der Waals surface area contributed by atoms with E-state index in [9.17, 15) is 15.0 Å². The number of phenols is 1. The number of fused-ring (bicyclic) bond motifs is 5. The van der Waals surface area contributed by atoms with Crippen molar-refractivity contribution < 1.29 is 15.0 Å². The molecule has 2 aromatic rings. The highest BCUT2D eigenvalue weighted by atomic mass is 16.3. The second-order valence-corrected chi connectivity index (χ2v) is 9.24. The van der Waals surface area contributed by atoms with Gasteiger partial charge in [-0.15, -0.1) is 0 Å². The first-order valence-corrected chi connectivity index (χ1v) is 10.9. The highest BCUT2D eigenvalue weighted by molar-refractivity contribution is 6.08. The average molecular weight is 398 g/mol. The number of aromatic nitrogens is 1. The Balaban J connectivity index is 1.50. The molecule has 1 aromatic carbocycles. The van der Waals surface area contributed by atoms with Crippen LogP contribution in [0.3, 0.4) is 0 Å². The molecule has 6 nitrogen and oxygen atoms in total. The number of rotatable bonds is 2. The molecule has 156 valence electrons. The zero-order valence-corrected chi connectivity index (χ0v) is 17.3. The van der Waals surface area contributed by atoms with E-state index in [4.69, 9.17) is 0 Å². The highest BCUT2D eigenvalue weighted by Gasteiger charge is 2.48. The Morgan fingerprint density at radius 2 is 2.00 bits per heavy atom. The van der Waals surface area contributed by atoms with Crippen molar-refractivity contribution in [1.82, 2.24) is 14.4 Å². The van der Waals surface area contributed by atoms with Gasteiger partial charge in [-0.25, -0.2) is 0 Å². The molecule has 3 aliphatic rings. The second kappa shape index (κ2) is 7.03. The summed E-state index contributed by atoms with van der Waals surface area (Å²) in [4.78, 5) is 18.3. The molecule has 0 spiro atoms. The Morgan fingerprint density at radius 1 is 1.21 bits per heavy atom. The minimum Gasteiger partial charge on any atom is -0.508 e. The molecule has 6 heteroatoms. The minimum absolute atomic E-state index is 0.0642. The largest absolute Gasteiger partial charge is 0.508 e. The number of carbonyl (C=O) groups excluding carboxylic acids is 1. The number of phenolic OH excluding ortho intramolecular Hbond substituents is 1. The summed E-state index contributed by atoms with van der Waals surface area (Å²) in [7, 11) is 1.97. The van der Waals surface area contributed by atoms with Gasteiger partial charge in [0.2, 0.25) is 0 Å². The van der Waals surface area contributed by atoms with Crippen molar-refractivity contribution >= 4 is 16.8 Å². The molecule has 3 aliphatic heterocycles. The van der Waals surface area contributed by atoms with Gasteiger partial charge < -0.3 is 19.7 Å². The summed E-state index contributed by atoms with van der Waals surface area (Å²) < 4.78 is 2.03. The van der Waals surface area contributed by atoms with E-state index in [2.05, 4.69) is 4.90 Å². The Kier molecular flexibility index (Phi) is 4.59. The molecule has 1 aromatic heterocycles. The lowest BCUT2D eigenvalue weighted by molar-refractivity contribution is -0.0795. The topological polar surface area (TPSA) is 68.9 Å². The molecule has 2 bridgehead atoms. The first-order valence-electron chi connectivity index (χ1n) is 10.9. The van der Waals surface area contributed by atoms with Gasteiger partial charge in [-0.2, -0.15) is 0 Å². The number of aromatic hydroxyl groups is 1. The SMILES string of the molecule is Cc1c(C(=O)N2C[C@H]3C[C@@H](C2)[C@H](CO)N2CCCC[C@@H]32)c2cc(O)ccc2n1C. The Bertz CT molecular complexity index is 938. The van der Waals surface area contributed by atoms with Crippen LogP contribution in [-0.2, 0) is 7.05 Å². The summed E-state index contributed by atoms with van der Waals surface area (Å²) in [5, 5.41) is 21.0. The quantitative estimate of drug-likeness (QED) is 0.817. The van der Waals surface area contributed by atoms with Crippen molar-refractivity contribution in [2.45, 2.75) is 44.7 Å². The molecule has 0 radical (unpaired) electrons. The van der Waals surface area contributed by atoms with Crippen LogP contribution in [0.15, 0.2) is 18.2 Å². The van der Waals surface area contributed by atoms with Crippen LogP contribution in [0.1, 0.15) is 41.7 Å². The van der Waals surface area contributed by atoms with Crippen molar-refractivity contribution in [1.29, 1.82) is 0 Å². The molecule has 4 atom stereocenters. The number of carbonyl (C=O) groups is 1. The van der Waals surface area contributed by atoms with E-state index in [0.717, 1.165) is 36.1 Å². The van der Waals surface area contributed by atoms with Crippen LogP contribution in [0, 0.1) is 18.8 Å². The first-order chi connectivity index (χ1) is 14.0. The van der Waals surface area contributed by atoms with Crippen molar-refractivity contribution in [3.05, 3.63) is 29.5 Å². The van der Waals surface area contributed by atoms with E-state index in [1.54, 1.807) is 12.1 Å². The summed E-state index contributed by atoms with van der Waals surface area (Å²) in [6, 6.07) is 5.92. The number of likely N-dealkylation sites (tertiary alicyclic amines) is 1. The van der Waals surface area contributed by atoms with Crippen molar-refractivity contribution in [3.8, 4) is 5.75 Å². The van der Waals surface area contributed by atoms with Gasteiger partial charge in [0.25, 0.3) is 5.91 Å². The molecule has 5 rings (SSSR count). The number of hydrogen-bond donors (Lipinski definition) is 2. The fraction of sp³-hybridized carbons (Fsp3) is 0.609. The minimum atomic E-state index is 0.0642. The number of aliphatic hydroxyl groups excluding tert-OH is 1. The smallest absolute Gasteiger partial charge is 0.256 e. The number of piperidine rings is 3. The summed E-state index contributed by atoms with van der Waals surface area (Å²) in [5.74, 6) is 1.07. The predicted octanol–water partition coefficient (Wildman–Crippen LogP) is 2.50. The van der Waals surface area contributed by atoms with E-state index in [1.807, 2.05) is 29.5 Å². The van der Waals surface area contributed by atoms with Crippen molar-refractivity contribution in [2.24, 2.45) is 18.9 Å². The maximum atomic E-state index is 13.7. The number of aliphatic hydroxyl groups is 1. The predicted molar refractivity (Wildman–Crippen MR) is 112 cm³/mol. The molecule has 29 heavy (non-hydrogen) atoms. The number of benzene rings is 1. The molecule has 0 aliphatic carbocycles. The summed E-state index contributed by atoms with van der Waals surface area (Å²) >= 11 is 0. The number of aryl methyl sites for hydroxylation is 1. The van der Waals surface area contributed by atoms with E-state index in [0.29, 0.717) is 30.0 Å². The summed E-state index contributed by atoms with van der Waals surface area (Å²) in [6.45, 7) is 4.74. The van der Waals surface area contributed by atoms with Crippen LogP contribution in [0.25, 0.3) is 10.9 Å². The van der Waals surface area contributed by atoms with Gasteiger partial charge in [0.05, 0.1) is 12.2 Å². The van der Waals surface area contributed by atoms with E-state index >= 15 is 0 Å². The van der Waals surface area contributed by atoms with Crippen LogP contribution in [-0.4, -0.2) is 68.8 Å². The third-order valence-corrected chi connectivity index (χ3v) is 7.79.